The van der Waals surface area contributed by atoms with Crippen LogP contribution in [-0.2, 0) is 17.9 Å². The number of methoxy groups -OCH3 is 2. The summed E-state index contributed by atoms with van der Waals surface area (Å²) in [5, 5.41) is 9.07. The summed E-state index contributed by atoms with van der Waals surface area (Å²) in [6, 6.07) is 15.4. The Labute approximate surface area is 166 Å². The first-order chi connectivity index (χ1) is 13.7. The van der Waals surface area contributed by atoms with Gasteiger partial charge < -0.3 is 25.4 Å². The van der Waals surface area contributed by atoms with Gasteiger partial charge in [0.1, 0.15) is 11.5 Å². The number of hydrogen-bond donors (Lipinski definition) is 3. The molecule has 2 aromatic rings. The highest BCUT2D eigenvalue weighted by molar-refractivity contribution is 5.86. The molecule has 0 aliphatic heterocycles. The van der Waals surface area contributed by atoms with Crippen molar-refractivity contribution in [3.63, 3.8) is 0 Å². The van der Waals surface area contributed by atoms with E-state index in [1.165, 1.54) is 0 Å². The number of ether oxygens (including phenoxy) is 2. The van der Waals surface area contributed by atoms with Crippen molar-refractivity contribution in [3.05, 3.63) is 59.7 Å². The topological polar surface area (TPSA) is 84.0 Å². The van der Waals surface area contributed by atoms with Gasteiger partial charge in [0.25, 0.3) is 0 Å². The summed E-state index contributed by atoms with van der Waals surface area (Å²) in [5.41, 5.74) is 1.98. The monoisotopic (exact) mass is 384 g/mol. The summed E-state index contributed by atoms with van der Waals surface area (Å²) < 4.78 is 10.6. The molecule has 0 spiro atoms. The van der Waals surface area contributed by atoms with Gasteiger partial charge in [-0.15, -0.1) is 0 Å². The van der Waals surface area contributed by atoms with Crippen LogP contribution in [0.2, 0.25) is 0 Å². The maximum absolute atomic E-state index is 12.1. The summed E-state index contributed by atoms with van der Waals surface area (Å²) >= 11 is 0. The molecule has 3 N–H and O–H groups in total. The summed E-state index contributed by atoms with van der Waals surface area (Å²) in [4.78, 5) is 16.6. The molecule has 7 heteroatoms. The van der Waals surface area contributed by atoms with Crippen molar-refractivity contribution in [2.75, 3.05) is 27.3 Å². The Kier molecular flexibility index (Phi) is 8.65. The quantitative estimate of drug-likeness (QED) is 0.455. The van der Waals surface area contributed by atoms with Crippen LogP contribution >= 0.6 is 0 Å². The Morgan fingerprint density at radius 1 is 1.00 bits per heavy atom. The van der Waals surface area contributed by atoms with Gasteiger partial charge in [-0.25, -0.2) is 4.99 Å². The zero-order chi connectivity index (χ0) is 20.2. The number of guanidine groups is 1. The number of amides is 1. The van der Waals surface area contributed by atoms with Crippen molar-refractivity contribution in [3.8, 4) is 11.5 Å². The lowest BCUT2D eigenvalue weighted by atomic mass is 10.2. The molecule has 0 unspecified atom stereocenters. The minimum atomic E-state index is -0.100. The zero-order valence-corrected chi connectivity index (χ0v) is 16.6. The third kappa shape index (κ3) is 6.83. The lowest BCUT2D eigenvalue weighted by Crippen LogP contribution is -2.43. The number of carbonyl (C=O) groups excluding carboxylic acids is 1. The van der Waals surface area contributed by atoms with Gasteiger partial charge in [-0.05, 0) is 24.6 Å². The minimum absolute atomic E-state index is 0.100. The van der Waals surface area contributed by atoms with Crippen molar-refractivity contribution in [2.45, 2.75) is 20.0 Å². The van der Waals surface area contributed by atoms with Crippen LogP contribution in [0.3, 0.4) is 0 Å². The molecule has 0 aromatic heterocycles. The van der Waals surface area contributed by atoms with Gasteiger partial charge in [-0.2, -0.15) is 0 Å². The lowest BCUT2D eigenvalue weighted by molar-refractivity contribution is -0.120. The Bertz CT molecular complexity index is 778. The van der Waals surface area contributed by atoms with Gasteiger partial charge in [0.05, 0.1) is 27.3 Å². The van der Waals surface area contributed by atoms with E-state index in [0.29, 0.717) is 31.3 Å². The highest BCUT2D eigenvalue weighted by Crippen LogP contribution is 2.25. The third-order valence-electron chi connectivity index (χ3n) is 3.99. The second-order valence-corrected chi connectivity index (χ2v) is 5.99. The van der Waals surface area contributed by atoms with Crippen molar-refractivity contribution in [1.82, 2.24) is 16.0 Å². The van der Waals surface area contributed by atoms with Crippen LogP contribution in [0.15, 0.2) is 53.5 Å². The molecule has 0 saturated heterocycles. The zero-order valence-electron chi connectivity index (χ0n) is 16.6. The summed E-state index contributed by atoms with van der Waals surface area (Å²) in [5.74, 6) is 1.90. The minimum Gasteiger partial charge on any atom is -0.497 e. The largest absolute Gasteiger partial charge is 0.497 e. The Morgan fingerprint density at radius 2 is 1.79 bits per heavy atom. The molecule has 0 atom stereocenters. The molecular formula is C21H28N4O3. The normalized spacial score (nSPS) is 10.9. The Hall–Kier alpha value is -3.22. The van der Waals surface area contributed by atoms with Crippen LogP contribution in [-0.4, -0.2) is 39.2 Å². The van der Waals surface area contributed by atoms with E-state index < -0.39 is 0 Å². The molecule has 2 aromatic carbocycles. The van der Waals surface area contributed by atoms with E-state index >= 15 is 0 Å². The molecule has 0 aliphatic carbocycles. The predicted molar refractivity (Wildman–Crippen MR) is 111 cm³/mol. The second-order valence-electron chi connectivity index (χ2n) is 5.99. The van der Waals surface area contributed by atoms with E-state index in [1.807, 2.05) is 55.5 Å². The highest BCUT2D eigenvalue weighted by atomic mass is 16.5. The molecule has 2 rings (SSSR count). The first kappa shape index (κ1) is 21.1. The molecule has 7 nitrogen and oxygen atoms in total. The number of benzene rings is 2. The average Bonchev–Trinajstić information content (AvgIpc) is 2.74. The molecule has 0 fully saturated rings. The van der Waals surface area contributed by atoms with E-state index in [-0.39, 0.29) is 12.5 Å². The maximum atomic E-state index is 12.1. The van der Waals surface area contributed by atoms with Gasteiger partial charge in [0, 0.05) is 24.7 Å². The molecule has 0 bridgehead atoms. The van der Waals surface area contributed by atoms with Crippen LogP contribution in [0.4, 0.5) is 0 Å². The van der Waals surface area contributed by atoms with Crippen LogP contribution in [0.1, 0.15) is 18.1 Å². The van der Waals surface area contributed by atoms with Crippen molar-refractivity contribution >= 4 is 11.9 Å². The molecule has 0 heterocycles. The van der Waals surface area contributed by atoms with Crippen molar-refractivity contribution < 1.29 is 14.3 Å². The summed E-state index contributed by atoms with van der Waals surface area (Å²) in [6.45, 7) is 3.71. The fourth-order valence-corrected chi connectivity index (χ4v) is 2.51. The summed E-state index contributed by atoms with van der Waals surface area (Å²) in [6.07, 6.45) is 0. The van der Waals surface area contributed by atoms with Gasteiger partial charge in [0.15, 0.2) is 5.96 Å². The van der Waals surface area contributed by atoms with Gasteiger partial charge in [-0.3, -0.25) is 4.79 Å². The number of nitrogens with one attached hydrogen (secondary N) is 3. The fourth-order valence-electron chi connectivity index (χ4n) is 2.51. The maximum Gasteiger partial charge on any atom is 0.239 e. The molecule has 0 aliphatic rings. The molecule has 150 valence electrons. The van der Waals surface area contributed by atoms with E-state index in [2.05, 4.69) is 20.9 Å². The SMILES string of the molecule is CCNC(=NCc1ccc(OC)cc1OC)NCC(=O)NCc1ccccc1. The van der Waals surface area contributed by atoms with Gasteiger partial charge >= 0.3 is 0 Å². The first-order valence-electron chi connectivity index (χ1n) is 9.20. The molecule has 28 heavy (non-hydrogen) atoms. The number of nitrogens with zero attached hydrogens (tertiary/aromatic N) is 1. The van der Waals surface area contributed by atoms with Crippen LogP contribution in [0.25, 0.3) is 0 Å². The van der Waals surface area contributed by atoms with Crippen LogP contribution in [0.5, 0.6) is 11.5 Å². The first-order valence-corrected chi connectivity index (χ1v) is 9.20. The van der Waals surface area contributed by atoms with Gasteiger partial charge in [0.2, 0.25) is 5.91 Å². The fraction of sp³-hybridized carbons (Fsp3) is 0.333. The van der Waals surface area contributed by atoms with Crippen molar-refractivity contribution in [1.29, 1.82) is 0 Å². The van der Waals surface area contributed by atoms with E-state index in [9.17, 15) is 4.79 Å². The smallest absolute Gasteiger partial charge is 0.239 e. The number of carbonyl (C=O) groups is 1. The Balaban J connectivity index is 1.90. The molecule has 1 amide bonds. The number of rotatable bonds is 9. The van der Waals surface area contributed by atoms with E-state index in [4.69, 9.17) is 9.47 Å². The second kappa shape index (κ2) is 11.5. The van der Waals surface area contributed by atoms with Gasteiger partial charge in [-0.1, -0.05) is 30.3 Å². The number of hydrogen-bond acceptors (Lipinski definition) is 4. The Morgan fingerprint density at radius 3 is 2.46 bits per heavy atom. The predicted octanol–water partition coefficient (Wildman–Crippen LogP) is 2.08. The standard InChI is InChI=1S/C21H28N4O3/c1-4-22-21(24-14-17-10-11-18(27-2)12-19(17)28-3)25-15-20(26)23-13-16-8-6-5-7-9-16/h5-12H,4,13-15H2,1-3H3,(H,23,26)(H2,22,24,25). The van der Waals surface area contributed by atoms with E-state index in [1.54, 1.807) is 14.2 Å². The average molecular weight is 384 g/mol. The number of aliphatic imine (C=N–C) groups is 1. The third-order valence-corrected chi connectivity index (χ3v) is 3.99. The van der Waals surface area contributed by atoms with E-state index in [0.717, 1.165) is 16.9 Å². The molecule has 0 saturated carbocycles. The lowest BCUT2D eigenvalue weighted by Gasteiger charge is -2.13. The van der Waals surface area contributed by atoms with Crippen LogP contribution < -0.4 is 25.4 Å². The van der Waals surface area contributed by atoms with Crippen molar-refractivity contribution in [2.24, 2.45) is 4.99 Å². The molecule has 0 radical (unpaired) electrons. The molecular weight excluding hydrogens is 356 g/mol. The highest BCUT2D eigenvalue weighted by Gasteiger charge is 2.07. The van der Waals surface area contributed by atoms with Crippen LogP contribution in [0, 0.1) is 0 Å². The summed E-state index contributed by atoms with van der Waals surface area (Å²) in [7, 11) is 3.23.